The first-order chi connectivity index (χ1) is 11.0. The van der Waals surface area contributed by atoms with Crippen molar-refractivity contribution in [2.75, 3.05) is 6.61 Å². The Morgan fingerprint density at radius 3 is 2.83 bits per heavy atom. The van der Waals surface area contributed by atoms with E-state index in [1.165, 1.54) is 0 Å². The third-order valence-electron chi connectivity index (χ3n) is 3.89. The van der Waals surface area contributed by atoms with Gasteiger partial charge in [0.1, 0.15) is 5.76 Å². The Morgan fingerprint density at radius 1 is 1.22 bits per heavy atom. The first-order valence-electron chi connectivity index (χ1n) is 7.31. The van der Waals surface area contributed by atoms with Crippen LogP contribution in [0.25, 0.3) is 10.8 Å². The Bertz CT molecular complexity index is 823. The molecule has 0 saturated carbocycles. The van der Waals surface area contributed by atoms with E-state index in [2.05, 4.69) is 0 Å². The van der Waals surface area contributed by atoms with Crippen LogP contribution in [0.2, 0.25) is 5.02 Å². The Hall–Kier alpha value is -2.33. The molecule has 0 bridgehead atoms. The number of hydrogen-bond acceptors (Lipinski definition) is 3. The molecule has 1 aliphatic rings. The number of carbonyl (C=O) groups excluding carboxylic acids is 1. The number of ether oxygens (including phenoxy) is 1. The van der Waals surface area contributed by atoms with Crippen molar-refractivity contribution in [3.05, 3.63) is 58.3 Å². The number of halogens is 1. The van der Waals surface area contributed by atoms with Gasteiger partial charge in [-0.05, 0) is 17.0 Å². The van der Waals surface area contributed by atoms with Crippen LogP contribution >= 0.6 is 11.6 Å². The summed E-state index contributed by atoms with van der Waals surface area (Å²) in [5.74, 6) is -0.517. The maximum absolute atomic E-state index is 12.0. The number of carboxylic acids is 1. The molecule has 0 spiro atoms. The summed E-state index contributed by atoms with van der Waals surface area (Å²) in [5, 5.41) is 11.4. The zero-order chi connectivity index (χ0) is 16.4. The number of rotatable bonds is 5. The lowest BCUT2D eigenvalue weighted by atomic mass is 10.00. The number of aliphatic carboxylic acids is 1. The van der Waals surface area contributed by atoms with Crippen molar-refractivity contribution < 1.29 is 19.4 Å². The summed E-state index contributed by atoms with van der Waals surface area (Å²) in [6.45, 7) is -0.417. The van der Waals surface area contributed by atoms with E-state index >= 15 is 0 Å². The van der Waals surface area contributed by atoms with Gasteiger partial charge in [-0.1, -0.05) is 41.9 Å². The molecule has 0 fully saturated rings. The average Bonchev–Trinajstić information content (AvgIpc) is 2.86. The zero-order valence-electron chi connectivity index (χ0n) is 12.3. The Kier molecular flexibility index (Phi) is 4.35. The lowest BCUT2D eigenvalue weighted by Gasteiger charge is -2.09. The van der Waals surface area contributed by atoms with E-state index in [-0.39, 0.29) is 5.78 Å². The van der Waals surface area contributed by atoms with E-state index in [1.807, 2.05) is 36.4 Å². The number of allylic oxidation sites excluding steroid dienone is 2. The molecule has 1 N–H and O–H groups in total. The highest BCUT2D eigenvalue weighted by molar-refractivity contribution is 6.35. The molecular formula is C18H15ClO4. The minimum Gasteiger partial charge on any atom is -0.486 e. The SMILES string of the molecule is O=C(O)COC1=C(Cc2ccc3c(Cl)cccc3c2)C(=O)CC1. The summed E-state index contributed by atoms with van der Waals surface area (Å²) in [6, 6.07) is 11.6. The van der Waals surface area contributed by atoms with Crippen LogP contribution in [-0.4, -0.2) is 23.5 Å². The average molecular weight is 331 g/mol. The number of Topliss-reactive ketones (excluding diaryl/α,β-unsaturated/α-hetero) is 1. The lowest BCUT2D eigenvalue weighted by Crippen LogP contribution is -2.08. The third-order valence-corrected chi connectivity index (χ3v) is 4.22. The Balaban J connectivity index is 1.88. The molecule has 0 aromatic heterocycles. The van der Waals surface area contributed by atoms with Crippen LogP contribution in [-0.2, 0) is 20.7 Å². The van der Waals surface area contributed by atoms with Gasteiger partial charge in [0, 0.05) is 35.2 Å². The lowest BCUT2D eigenvalue weighted by molar-refractivity contribution is -0.140. The highest BCUT2D eigenvalue weighted by Crippen LogP contribution is 2.29. The number of hydrogen-bond donors (Lipinski definition) is 1. The minimum atomic E-state index is -1.04. The normalized spacial score (nSPS) is 14.6. The fourth-order valence-corrected chi connectivity index (χ4v) is 3.04. The van der Waals surface area contributed by atoms with Gasteiger partial charge in [-0.15, -0.1) is 0 Å². The van der Waals surface area contributed by atoms with Crippen molar-refractivity contribution in [1.29, 1.82) is 0 Å². The molecule has 0 unspecified atom stereocenters. The van der Waals surface area contributed by atoms with Crippen LogP contribution in [0.4, 0.5) is 0 Å². The highest BCUT2D eigenvalue weighted by Gasteiger charge is 2.25. The van der Waals surface area contributed by atoms with Crippen LogP contribution in [0, 0.1) is 0 Å². The van der Waals surface area contributed by atoms with Crippen molar-refractivity contribution in [3.8, 4) is 0 Å². The van der Waals surface area contributed by atoms with Crippen molar-refractivity contribution in [1.82, 2.24) is 0 Å². The molecule has 1 aliphatic carbocycles. The quantitative estimate of drug-likeness (QED) is 0.906. The smallest absolute Gasteiger partial charge is 0.341 e. The molecule has 118 valence electrons. The van der Waals surface area contributed by atoms with Gasteiger partial charge in [0.15, 0.2) is 12.4 Å². The molecule has 0 heterocycles. The summed E-state index contributed by atoms with van der Waals surface area (Å²) in [5.41, 5.74) is 1.55. The first-order valence-corrected chi connectivity index (χ1v) is 7.69. The van der Waals surface area contributed by atoms with Gasteiger partial charge in [0.05, 0.1) is 0 Å². The van der Waals surface area contributed by atoms with Crippen molar-refractivity contribution >= 4 is 34.1 Å². The number of fused-ring (bicyclic) bond motifs is 1. The monoisotopic (exact) mass is 330 g/mol. The standard InChI is InChI=1S/C18H15ClO4/c19-15-3-1-2-12-8-11(4-5-13(12)15)9-14-16(20)6-7-17(14)23-10-18(21)22/h1-5,8H,6-7,9-10H2,(H,21,22). The molecular weight excluding hydrogens is 316 g/mol. The summed E-state index contributed by atoms with van der Waals surface area (Å²) in [7, 11) is 0. The first kappa shape index (κ1) is 15.6. The van der Waals surface area contributed by atoms with Gasteiger partial charge in [0.2, 0.25) is 0 Å². The highest BCUT2D eigenvalue weighted by atomic mass is 35.5. The van der Waals surface area contributed by atoms with Gasteiger partial charge in [-0.3, -0.25) is 4.79 Å². The van der Waals surface area contributed by atoms with Gasteiger partial charge in [-0.25, -0.2) is 4.79 Å². The molecule has 0 radical (unpaired) electrons. The molecule has 2 aromatic rings. The molecule has 0 atom stereocenters. The van der Waals surface area contributed by atoms with Gasteiger partial charge in [0.25, 0.3) is 0 Å². The van der Waals surface area contributed by atoms with E-state index in [0.717, 1.165) is 16.3 Å². The molecule has 0 saturated heterocycles. The van der Waals surface area contributed by atoms with Crippen LogP contribution in [0.3, 0.4) is 0 Å². The van der Waals surface area contributed by atoms with E-state index < -0.39 is 12.6 Å². The van der Waals surface area contributed by atoms with Crippen LogP contribution in [0.1, 0.15) is 18.4 Å². The summed E-state index contributed by atoms with van der Waals surface area (Å²) in [4.78, 5) is 22.7. The zero-order valence-corrected chi connectivity index (χ0v) is 13.1. The van der Waals surface area contributed by atoms with E-state index in [4.69, 9.17) is 21.4 Å². The fourth-order valence-electron chi connectivity index (χ4n) is 2.80. The number of benzene rings is 2. The Labute approximate surface area is 138 Å². The second-order valence-corrected chi connectivity index (χ2v) is 5.89. The third kappa shape index (κ3) is 3.37. The Morgan fingerprint density at radius 2 is 2.04 bits per heavy atom. The van der Waals surface area contributed by atoms with Crippen molar-refractivity contribution in [2.24, 2.45) is 0 Å². The van der Waals surface area contributed by atoms with E-state index in [1.54, 1.807) is 0 Å². The second-order valence-electron chi connectivity index (χ2n) is 5.48. The van der Waals surface area contributed by atoms with Gasteiger partial charge < -0.3 is 9.84 Å². The fraction of sp³-hybridized carbons (Fsp3) is 0.222. The summed E-state index contributed by atoms with van der Waals surface area (Å²) < 4.78 is 5.26. The van der Waals surface area contributed by atoms with Gasteiger partial charge in [-0.2, -0.15) is 0 Å². The molecule has 4 nitrogen and oxygen atoms in total. The van der Waals surface area contributed by atoms with Crippen molar-refractivity contribution in [3.63, 3.8) is 0 Å². The molecule has 0 aliphatic heterocycles. The van der Waals surface area contributed by atoms with Crippen molar-refractivity contribution in [2.45, 2.75) is 19.3 Å². The van der Waals surface area contributed by atoms with Crippen LogP contribution in [0.5, 0.6) is 0 Å². The predicted molar refractivity (Wildman–Crippen MR) is 87.5 cm³/mol. The summed E-state index contributed by atoms with van der Waals surface area (Å²) >= 11 is 6.16. The number of carbonyl (C=O) groups is 2. The maximum Gasteiger partial charge on any atom is 0.341 e. The molecule has 23 heavy (non-hydrogen) atoms. The number of ketones is 1. The topological polar surface area (TPSA) is 63.6 Å². The van der Waals surface area contributed by atoms with Gasteiger partial charge >= 0.3 is 5.97 Å². The van der Waals surface area contributed by atoms with E-state index in [0.29, 0.717) is 35.6 Å². The molecule has 3 rings (SSSR count). The molecule has 2 aromatic carbocycles. The van der Waals surface area contributed by atoms with Crippen LogP contribution < -0.4 is 0 Å². The second kappa shape index (κ2) is 6.42. The van der Waals surface area contributed by atoms with E-state index in [9.17, 15) is 9.59 Å². The predicted octanol–water partition coefficient (Wildman–Crippen LogP) is 3.75. The molecule has 5 heteroatoms. The summed E-state index contributed by atoms with van der Waals surface area (Å²) in [6.07, 6.45) is 1.29. The maximum atomic E-state index is 12.0. The van der Waals surface area contributed by atoms with Crippen LogP contribution in [0.15, 0.2) is 47.7 Å². The minimum absolute atomic E-state index is 0.0246. The largest absolute Gasteiger partial charge is 0.486 e. The number of carboxylic acid groups (broad SMARTS) is 1. The molecule has 0 amide bonds.